The van der Waals surface area contributed by atoms with Crippen LogP contribution >= 0.6 is 0 Å². The topological polar surface area (TPSA) is 104 Å². The summed E-state index contributed by atoms with van der Waals surface area (Å²) in [6, 6.07) is 5.51. The van der Waals surface area contributed by atoms with Crippen molar-refractivity contribution < 1.29 is 29.6 Å². The number of rotatable bonds is 4. The van der Waals surface area contributed by atoms with Gasteiger partial charge in [-0.1, -0.05) is 12.1 Å². The van der Waals surface area contributed by atoms with Crippen LogP contribution in [-0.2, 0) is 9.59 Å². The standard InChI is InChI=1S/C9H8O6/c10-5-3-1-2-4-6(5)15-7(8(11)12)9(13)14/h1-4,7,10H,(H,11,12)(H,13,14). The number of para-hydroxylation sites is 2. The van der Waals surface area contributed by atoms with Gasteiger partial charge >= 0.3 is 11.9 Å². The number of phenolic OH excluding ortho intramolecular Hbond substituents is 1. The van der Waals surface area contributed by atoms with Gasteiger partial charge in [0, 0.05) is 0 Å². The first kappa shape index (κ1) is 10.8. The van der Waals surface area contributed by atoms with Crippen molar-refractivity contribution in [3.05, 3.63) is 24.3 Å². The first-order valence-electron chi connectivity index (χ1n) is 3.92. The van der Waals surface area contributed by atoms with Crippen molar-refractivity contribution in [2.24, 2.45) is 0 Å². The van der Waals surface area contributed by atoms with Crippen LogP contribution in [0.25, 0.3) is 0 Å². The van der Waals surface area contributed by atoms with Gasteiger partial charge in [0.15, 0.2) is 11.5 Å². The molecule has 0 aromatic heterocycles. The molecule has 0 atom stereocenters. The summed E-state index contributed by atoms with van der Waals surface area (Å²) in [5, 5.41) is 26.2. The van der Waals surface area contributed by atoms with Gasteiger partial charge in [0.25, 0.3) is 6.10 Å². The summed E-state index contributed by atoms with van der Waals surface area (Å²) in [6.07, 6.45) is -2.03. The van der Waals surface area contributed by atoms with Crippen LogP contribution in [0, 0.1) is 0 Å². The molecular weight excluding hydrogens is 204 g/mol. The number of benzene rings is 1. The first-order valence-corrected chi connectivity index (χ1v) is 3.92. The average molecular weight is 212 g/mol. The lowest BCUT2D eigenvalue weighted by Crippen LogP contribution is -2.35. The molecule has 1 aromatic carbocycles. The van der Waals surface area contributed by atoms with Crippen molar-refractivity contribution in [1.29, 1.82) is 0 Å². The molecule has 0 saturated carbocycles. The molecule has 0 saturated heterocycles. The molecule has 0 aliphatic heterocycles. The summed E-state index contributed by atoms with van der Waals surface area (Å²) < 4.78 is 4.62. The maximum absolute atomic E-state index is 10.5. The largest absolute Gasteiger partial charge is 0.504 e. The molecule has 6 nitrogen and oxygen atoms in total. The Labute approximate surface area is 84.3 Å². The molecule has 15 heavy (non-hydrogen) atoms. The molecule has 0 bridgehead atoms. The van der Waals surface area contributed by atoms with Gasteiger partial charge in [-0.25, -0.2) is 9.59 Å². The van der Waals surface area contributed by atoms with Crippen LogP contribution in [0.2, 0.25) is 0 Å². The molecule has 0 unspecified atom stereocenters. The van der Waals surface area contributed by atoms with E-state index in [0.29, 0.717) is 0 Å². The Morgan fingerprint density at radius 2 is 1.67 bits per heavy atom. The SMILES string of the molecule is O=C(O)C(Oc1ccccc1O)C(=O)O. The van der Waals surface area contributed by atoms with Gasteiger partial charge in [-0.15, -0.1) is 0 Å². The minimum Gasteiger partial charge on any atom is -0.504 e. The second-order valence-electron chi connectivity index (χ2n) is 2.64. The van der Waals surface area contributed by atoms with E-state index in [9.17, 15) is 14.7 Å². The second kappa shape index (κ2) is 4.32. The predicted octanol–water partition coefficient (Wildman–Crippen LogP) is 0.309. The number of hydrogen-bond acceptors (Lipinski definition) is 4. The van der Waals surface area contributed by atoms with Gasteiger partial charge in [0.05, 0.1) is 0 Å². The summed E-state index contributed by atoms with van der Waals surface area (Å²) in [5.41, 5.74) is 0. The predicted molar refractivity (Wildman–Crippen MR) is 47.8 cm³/mol. The van der Waals surface area contributed by atoms with E-state index in [4.69, 9.17) is 10.2 Å². The molecule has 0 fully saturated rings. The van der Waals surface area contributed by atoms with Crippen molar-refractivity contribution in [1.82, 2.24) is 0 Å². The molecule has 0 spiro atoms. The van der Waals surface area contributed by atoms with Crippen molar-refractivity contribution in [3.63, 3.8) is 0 Å². The number of carboxylic acid groups (broad SMARTS) is 2. The lowest BCUT2D eigenvalue weighted by molar-refractivity contribution is -0.159. The Morgan fingerprint density at radius 1 is 1.13 bits per heavy atom. The van der Waals surface area contributed by atoms with E-state index in [0.717, 1.165) is 0 Å². The van der Waals surface area contributed by atoms with E-state index in [1.54, 1.807) is 0 Å². The summed E-state index contributed by atoms with van der Waals surface area (Å²) in [5.74, 6) is -3.77. The lowest BCUT2D eigenvalue weighted by atomic mass is 10.3. The molecule has 0 radical (unpaired) electrons. The molecule has 3 N–H and O–H groups in total. The van der Waals surface area contributed by atoms with Crippen molar-refractivity contribution in [3.8, 4) is 11.5 Å². The third kappa shape index (κ3) is 2.60. The van der Waals surface area contributed by atoms with Crippen LogP contribution in [0.4, 0.5) is 0 Å². The van der Waals surface area contributed by atoms with Crippen LogP contribution in [0.15, 0.2) is 24.3 Å². The summed E-state index contributed by atoms with van der Waals surface area (Å²) in [7, 11) is 0. The second-order valence-corrected chi connectivity index (χ2v) is 2.64. The van der Waals surface area contributed by atoms with Gasteiger partial charge in [0.1, 0.15) is 0 Å². The maximum Gasteiger partial charge on any atom is 0.356 e. The fraction of sp³-hybridized carbons (Fsp3) is 0.111. The molecular formula is C9H8O6. The van der Waals surface area contributed by atoms with Crippen LogP contribution in [-0.4, -0.2) is 33.4 Å². The highest BCUT2D eigenvalue weighted by molar-refractivity contribution is 5.96. The lowest BCUT2D eigenvalue weighted by Gasteiger charge is -2.11. The summed E-state index contributed by atoms with van der Waals surface area (Å²) in [6.45, 7) is 0. The summed E-state index contributed by atoms with van der Waals surface area (Å²) in [4.78, 5) is 20.9. The van der Waals surface area contributed by atoms with Crippen LogP contribution < -0.4 is 4.74 Å². The Bertz CT molecular complexity index is 372. The minimum atomic E-state index is -2.03. The monoisotopic (exact) mass is 212 g/mol. The quantitative estimate of drug-likeness (QED) is 0.620. The van der Waals surface area contributed by atoms with Gasteiger partial charge in [-0.3, -0.25) is 0 Å². The fourth-order valence-corrected chi connectivity index (χ4v) is 0.890. The molecule has 0 amide bonds. The van der Waals surface area contributed by atoms with E-state index < -0.39 is 18.0 Å². The number of carbonyl (C=O) groups is 2. The van der Waals surface area contributed by atoms with Crippen LogP contribution in [0.1, 0.15) is 0 Å². The smallest absolute Gasteiger partial charge is 0.356 e. The first-order chi connectivity index (χ1) is 7.02. The van der Waals surface area contributed by atoms with Gasteiger partial charge in [-0.05, 0) is 12.1 Å². The van der Waals surface area contributed by atoms with E-state index in [-0.39, 0.29) is 11.5 Å². The number of carboxylic acids is 2. The summed E-state index contributed by atoms with van der Waals surface area (Å²) >= 11 is 0. The highest BCUT2D eigenvalue weighted by Gasteiger charge is 2.28. The zero-order valence-electron chi connectivity index (χ0n) is 7.45. The fourth-order valence-electron chi connectivity index (χ4n) is 0.890. The minimum absolute atomic E-state index is 0.188. The number of aromatic hydroxyl groups is 1. The number of hydrogen-bond donors (Lipinski definition) is 3. The third-order valence-corrected chi connectivity index (χ3v) is 1.56. The van der Waals surface area contributed by atoms with Gasteiger partial charge < -0.3 is 20.1 Å². The van der Waals surface area contributed by atoms with E-state index in [1.807, 2.05) is 0 Å². The highest BCUT2D eigenvalue weighted by Crippen LogP contribution is 2.25. The molecule has 0 aliphatic carbocycles. The Balaban J connectivity index is 2.88. The zero-order valence-corrected chi connectivity index (χ0v) is 7.45. The maximum atomic E-state index is 10.5. The van der Waals surface area contributed by atoms with Crippen molar-refractivity contribution in [2.45, 2.75) is 6.10 Å². The van der Waals surface area contributed by atoms with Crippen molar-refractivity contribution >= 4 is 11.9 Å². The van der Waals surface area contributed by atoms with Gasteiger partial charge in [-0.2, -0.15) is 0 Å². The van der Waals surface area contributed by atoms with Crippen LogP contribution in [0.5, 0.6) is 11.5 Å². The zero-order chi connectivity index (χ0) is 11.4. The number of aliphatic carboxylic acids is 2. The Hall–Kier alpha value is -2.24. The molecule has 6 heteroatoms. The van der Waals surface area contributed by atoms with Crippen LogP contribution in [0.3, 0.4) is 0 Å². The Morgan fingerprint density at radius 3 is 2.13 bits per heavy atom. The number of phenols is 1. The molecule has 80 valence electrons. The molecule has 1 rings (SSSR count). The molecule has 0 aliphatic rings. The number of ether oxygens (including phenoxy) is 1. The van der Waals surface area contributed by atoms with E-state index in [1.165, 1.54) is 24.3 Å². The van der Waals surface area contributed by atoms with E-state index in [2.05, 4.69) is 4.74 Å². The molecule has 0 heterocycles. The van der Waals surface area contributed by atoms with Gasteiger partial charge in [0.2, 0.25) is 0 Å². The molecule has 1 aromatic rings. The normalized spacial score (nSPS) is 9.93. The highest BCUT2D eigenvalue weighted by atomic mass is 16.5. The van der Waals surface area contributed by atoms with Crippen molar-refractivity contribution in [2.75, 3.05) is 0 Å². The third-order valence-electron chi connectivity index (χ3n) is 1.56. The average Bonchev–Trinajstić information content (AvgIpc) is 2.15. The Kier molecular flexibility index (Phi) is 3.12. The van der Waals surface area contributed by atoms with E-state index >= 15 is 0 Å².